The summed E-state index contributed by atoms with van der Waals surface area (Å²) in [6, 6.07) is 11.3. The number of methoxy groups -OCH3 is 1. The zero-order chi connectivity index (χ0) is 20.8. The van der Waals surface area contributed by atoms with Crippen LogP contribution in [0.15, 0.2) is 42.5 Å². The van der Waals surface area contributed by atoms with E-state index in [2.05, 4.69) is 17.1 Å². The van der Waals surface area contributed by atoms with Crippen LogP contribution in [0.3, 0.4) is 0 Å². The summed E-state index contributed by atoms with van der Waals surface area (Å²) in [7, 11) is 1.33. The highest BCUT2D eigenvalue weighted by molar-refractivity contribution is 5.95. The van der Waals surface area contributed by atoms with Gasteiger partial charge in [0.15, 0.2) is 18.2 Å². The number of rotatable bonds is 6. The molecule has 2 aromatic rings. The Morgan fingerprint density at radius 2 is 1.83 bits per heavy atom. The van der Waals surface area contributed by atoms with Gasteiger partial charge in [-0.3, -0.25) is 4.79 Å². The summed E-state index contributed by atoms with van der Waals surface area (Å²) in [5.41, 5.74) is 1.76. The Labute approximate surface area is 169 Å². The minimum absolute atomic E-state index is 0.0105. The van der Waals surface area contributed by atoms with E-state index in [1.807, 2.05) is 24.3 Å². The molecular formula is C22H25FN2O4. The molecule has 1 saturated heterocycles. The number of nitrogens with zero attached hydrogens (tertiary/aromatic N) is 1. The number of piperidine rings is 1. The highest BCUT2D eigenvalue weighted by atomic mass is 19.1. The molecule has 1 N–H and O–H groups in total. The summed E-state index contributed by atoms with van der Waals surface area (Å²) < 4.78 is 23.4. The molecule has 2 aromatic carbocycles. The van der Waals surface area contributed by atoms with Crippen LogP contribution in [-0.2, 0) is 9.53 Å². The number of anilines is 2. The molecular weight excluding hydrogens is 375 g/mol. The van der Waals surface area contributed by atoms with Gasteiger partial charge in [0, 0.05) is 24.5 Å². The van der Waals surface area contributed by atoms with E-state index in [0.29, 0.717) is 5.69 Å². The number of hydrogen-bond acceptors (Lipinski definition) is 5. The standard InChI is InChI=1S/C22H25FN2O4/c1-15-9-11-25(12-10-15)18-6-4-17(5-7-18)24-21(26)14-29-22(27)16-3-8-20(28-2)19(23)13-16/h3-8,13,15H,9-12,14H2,1-2H3,(H,24,26). The van der Waals surface area contributed by atoms with Crippen molar-refractivity contribution in [1.82, 2.24) is 0 Å². The number of carbonyl (C=O) groups excluding carboxylic acids is 2. The first-order valence-electron chi connectivity index (χ1n) is 9.62. The van der Waals surface area contributed by atoms with Gasteiger partial charge in [-0.2, -0.15) is 0 Å². The minimum Gasteiger partial charge on any atom is -0.494 e. The number of halogens is 1. The molecule has 0 spiro atoms. The lowest BCUT2D eigenvalue weighted by Crippen LogP contribution is -2.32. The van der Waals surface area contributed by atoms with Gasteiger partial charge in [0.1, 0.15) is 0 Å². The summed E-state index contributed by atoms with van der Waals surface area (Å²) in [6.07, 6.45) is 2.36. The van der Waals surface area contributed by atoms with Crippen molar-refractivity contribution in [2.24, 2.45) is 5.92 Å². The van der Waals surface area contributed by atoms with E-state index < -0.39 is 24.3 Å². The normalized spacial score (nSPS) is 14.4. The monoisotopic (exact) mass is 400 g/mol. The van der Waals surface area contributed by atoms with Gasteiger partial charge >= 0.3 is 5.97 Å². The number of amides is 1. The number of carbonyl (C=O) groups is 2. The summed E-state index contributed by atoms with van der Waals surface area (Å²) in [6.45, 7) is 3.88. The van der Waals surface area contributed by atoms with Crippen molar-refractivity contribution in [2.45, 2.75) is 19.8 Å². The maximum absolute atomic E-state index is 13.7. The van der Waals surface area contributed by atoms with Crippen molar-refractivity contribution in [2.75, 3.05) is 37.0 Å². The van der Waals surface area contributed by atoms with Gasteiger partial charge in [0.2, 0.25) is 0 Å². The van der Waals surface area contributed by atoms with Crippen LogP contribution in [0, 0.1) is 11.7 Å². The number of esters is 1. The molecule has 1 amide bonds. The second-order valence-electron chi connectivity index (χ2n) is 7.19. The molecule has 3 rings (SSSR count). The van der Waals surface area contributed by atoms with Crippen LogP contribution in [0.5, 0.6) is 5.75 Å². The second-order valence-corrected chi connectivity index (χ2v) is 7.19. The molecule has 0 atom stereocenters. The van der Waals surface area contributed by atoms with Crippen LogP contribution < -0.4 is 15.0 Å². The third kappa shape index (κ3) is 5.47. The van der Waals surface area contributed by atoms with Crippen LogP contribution in [0.4, 0.5) is 15.8 Å². The van der Waals surface area contributed by atoms with Crippen molar-refractivity contribution in [3.8, 4) is 5.75 Å². The fourth-order valence-electron chi connectivity index (χ4n) is 3.23. The van der Waals surface area contributed by atoms with Crippen molar-refractivity contribution >= 4 is 23.3 Å². The Hall–Kier alpha value is -3.09. The van der Waals surface area contributed by atoms with Crippen LogP contribution >= 0.6 is 0 Å². The highest BCUT2D eigenvalue weighted by Gasteiger charge is 2.16. The molecule has 154 valence electrons. The van der Waals surface area contributed by atoms with Crippen LogP contribution in [0.2, 0.25) is 0 Å². The second kappa shape index (κ2) is 9.41. The first kappa shape index (κ1) is 20.6. The highest BCUT2D eigenvalue weighted by Crippen LogP contribution is 2.24. The molecule has 7 heteroatoms. The van der Waals surface area contributed by atoms with Crippen molar-refractivity contribution in [3.63, 3.8) is 0 Å². The number of benzene rings is 2. The van der Waals surface area contributed by atoms with Gasteiger partial charge in [-0.15, -0.1) is 0 Å². The maximum Gasteiger partial charge on any atom is 0.338 e. The molecule has 0 aromatic heterocycles. The number of ether oxygens (including phenoxy) is 2. The zero-order valence-electron chi connectivity index (χ0n) is 16.6. The number of nitrogens with one attached hydrogen (secondary N) is 1. The molecule has 1 fully saturated rings. The Balaban J connectivity index is 1.49. The largest absolute Gasteiger partial charge is 0.494 e. The predicted molar refractivity (Wildman–Crippen MR) is 109 cm³/mol. The van der Waals surface area contributed by atoms with Gasteiger partial charge in [-0.1, -0.05) is 6.92 Å². The van der Waals surface area contributed by atoms with Crippen molar-refractivity contribution < 1.29 is 23.5 Å². The maximum atomic E-state index is 13.7. The average Bonchev–Trinajstić information content (AvgIpc) is 2.73. The lowest BCUT2D eigenvalue weighted by atomic mass is 9.99. The van der Waals surface area contributed by atoms with Crippen LogP contribution in [-0.4, -0.2) is 38.7 Å². The Kier molecular flexibility index (Phi) is 6.69. The molecule has 0 aliphatic carbocycles. The summed E-state index contributed by atoms with van der Waals surface area (Å²) in [5, 5.41) is 2.69. The van der Waals surface area contributed by atoms with E-state index in [0.717, 1.165) is 30.8 Å². The summed E-state index contributed by atoms with van der Waals surface area (Å²) in [4.78, 5) is 26.4. The Morgan fingerprint density at radius 1 is 1.14 bits per heavy atom. The lowest BCUT2D eigenvalue weighted by molar-refractivity contribution is -0.119. The van der Waals surface area contributed by atoms with E-state index in [1.165, 1.54) is 32.1 Å². The van der Waals surface area contributed by atoms with E-state index >= 15 is 0 Å². The SMILES string of the molecule is COc1ccc(C(=O)OCC(=O)Nc2ccc(N3CCC(C)CC3)cc2)cc1F. The quantitative estimate of drug-likeness (QED) is 0.746. The van der Waals surface area contributed by atoms with Gasteiger partial charge in [-0.25, -0.2) is 9.18 Å². The van der Waals surface area contributed by atoms with E-state index in [1.54, 1.807) is 0 Å². The predicted octanol–water partition coefficient (Wildman–Crippen LogP) is 3.87. The molecule has 6 nitrogen and oxygen atoms in total. The van der Waals surface area contributed by atoms with Crippen LogP contribution in [0.25, 0.3) is 0 Å². The van der Waals surface area contributed by atoms with Crippen molar-refractivity contribution in [3.05, 3.63) is 53.8 Å². The number of hydrogen-bond donors (Lipinski definition) is 1. The first-order chi connectivity index (χ1) is 14.0. The molecule has 0 unspecified atom stereocenters. The van der Waals surface area contributed by atoms with Gasteiger partial charge in [-0.05, 0) is 61.2 Å². The van der Waals surface area contributed by atoms with E-state index in [9.17, 15) is 14.0 Å². The van der Waals surface area contributed by atoms with Gasteiger partial charge in [0.05, 0.1) is 12.7 Å². The smallest absolute Gasteiger partial charge is 0.338 e. The third-order valence-corrected chi connectivity index (χ3v) is 5.02. The summed E-state index contributed by atoms with van der Waals surface area (Å²) >= 11 is 0. The molecule has 0 bridgehead atoms. The topological polar surface area (TPSA) is 67.9 Å². The van der Waals surface area contributed by atoms with E-state index in [4.69, 9.17) is 9.47 Å². The van der Waals surface area contributed by atoms with Crippen molar-refractivity contribution in [1.29, 1.82) is 0 Å². The fourth-order valence-corrected chi connectivity index (χ4v) is 3.23. The molecule has 1 aliphatic rings. The Morgan fingerprint density at radius 3 is 2.45 bits per heavy atom. The van der Waals surface area contributed by atoms with Gasteiger partial charge < -0.3 is 19.7 Å². The van der Waals surface area contributed by atoms with Crippen LogP contribution in [0.1, 0.15) is 30.1 Å². The summed E-state index contributed by atoms with van der Waals surface area (Å²) in [5.74, 6) is -1.12. The third-order valence-electron chi connectivity index (χ3n) is 5.02. The molecule has 1 aliphatic heterocycles. The molecule has 0 saturated carbocycles. The Bertz CT molecular complexity index is 862. The van der Waals surface area contributed by atoms with E-state index in [-0.39, 0.29) is 11.3 Å². The van der Waals surface area contributed by atoms with Gasteiger partial charge in [0.25, 0.3) is 5.91 Å². The average molecular weight is 400 g/mol. The molecule has 1 heterocycles. The lowest BCUT2D eigenvalue weighted by Gasteiger charge is -2.32. The zero-order valence-corrected chi connectivity index (χ0v) is 16.6. The molecule has 29 heavy (non-hydrogen) atoms. The first-order valence-corrected chi connectivity index (χ1v) is 9.62. The molecule has 0 radical (unpaired) electrons. The fraction of sp³-hybridized carbons (Fsp3) is 0.364. The minimum atomic E-state index is -0.781.